The first-order valence-corrected chi connectivity index (χ1v) is 8.05. The molecule has 1 aromatic carbocycles. The van der Waals surface area contributed by atoms with E-state index in [4.69, 9.17) is 0 Å². The van der Waals surface area contributed by atoms with Crippen molar-refractivity contribution >= 4 is 31.9 Å². The SMILES string of the molecule is Fc1cc(C(Br)C2CC3CCC2C3)c(F)cc1Br. The molecule has 4 atom stereocenters. The van der Waals surface area contributed by atoms with Crippen molar-refractivity contribution in [2.75, 3.05) is 0 Å². The fourth-order valence-corrected chi connectivity index (χ4v) is 4.95. The lowest BCUT2D eigenvalue weighted by atomic mass is 9.84. The lowest BCUT2D eigenvalue weighted by molar-refractivity contribution is 0.326. The zero-order valence-corrected chi connectivity index (χ0v) is 13.0. The van der Waals surface area contributed by atoms with E-state index in [1.807, 2.05) is 0 Å². The highest BCUT2D eigenvalue weighted by Crippen LogP contribution is 2.55. The van der Waals surface area contributed by atoms with E-state index < -0.39 is 0 Å². The van der Waals surface area contributed by atoms with Crippen LogP contribution in [0.3, 0.4) is 0 Å². The molecule has 0 aromatic heterocycles. The van der Waals surface area contributed by atoms with E-state index in [2.05, 4.69) is 31.9 Å². The molecule has 0 spiro atoms. The maximum atomic E-state index is 13.9. The van der Waals surface area contributed by atoms with Gasteiger partial charge in [0, 0.05) is 10.4 Å². The first-order chi connectivity index (χ1) is 8.56. The summed E-state index contributed by atoms with van der Waals surface area (Å²) in [5.41, 5.74) is 0.466. The van der Waals surface area contributed by atoms with Gasteiger partial charge in [-0.1, -0.05) is 22.4 Å². The normalized spacial score (nSPS) is 31.9. The number of fused-ring (bicyclic) bond motifs is 2. The third-order valence-corrected chi connectivity index (χ3v) is 6.29. The van der Waals surface area contributed by atoms with Crippen LogP contribution in [0.25, 0.3) is 0 Å². The zero-order valence-electron chi connectivity index (χ0n) is 9.80. The van der Waals surface area contributed by atoms with E-state index >= 15 is 0 Å². The van der Waals surface area contributed by atoms with Crippen LogP contribution in [0.15, 0.2) is 16.6 Å². The van der Waals surface area contributed by atoms with Crippen molar-refractivity contribution in [3.63, 3.8) is 0 Å². The smallest absolute Gasteiger partial charge is 0.137 e. The van der Waals surface area contributed by atoms with Crippen LogP contribution in [-0.4, -0.2) is 0 Å². The molecule has 2 saturated carbocycles. The molecule has 0 nitrogen and oxygen atoms in total. The molecular formula is C14H14Br2F2. The molecule has 0 amide bonds. The molecule has 2 aliphatic rings. The van der Waals surface area contributed by atoms with Crippen LogP contribution in [0.5, 0.6) is 0 Å². The summed E-state index contributed by atoms with van der Waals surface area (Å²) in [7, 11) is 0. The molecule has 4 heteroatoms. The Morgan fingerprint density at radius 3 is 2.50 bits per heavy atom. The minimum atomic E-state index is -0.390. The monoisotopic (exact) mass is 378 g/mol. The molecule has 2 bridgehead atoms. The van der Waals surface area contributed by atoms with Gasteiger partial charge in [0.1, 0.15) is 11.6 Å². The highest BCUT2D eigenvalue weighted by atomic mass is 79.9. The molecule has 0 aliphatic heterocycles. The van der Waals surface area contributed by atoms with Crippen molar-refractivity contribution in [1.29, 1.82) is 0 Å². The lowest BCUT2D eigenvalue weighted by Gasteiger charge is -2.27. The van der Waals surface area contributed by atoms with Crippen molar-refractivity contribution < 1.29 is 8.78 Å². The second-order valence-corrected chi connectivity index (χ2v) is 7.37. The molecular weight excluding hydrogens is 366 g/mol. The first kappa shape index (κ1) is 13.0. The lowest BCUT2D eigenvalue weighted by Crippen LogP contribution is -2.16. The summed E-state index contributed by atoms with van der Waals surface area (Å²) in [6.07, 6.45) is 4.99. The van der Waals surface area contributed by atoms with E-state index in [1.54, 1.807) is 0 Å². The Morgan fingerprint density at radius 2 is 1.89 bits per heavy atom. The predicted molar refractivity (Wildman–Crippen MR) is 74.7 cm³/mol. The van der Waals surface area contributed by atoms with Gasteiger partial charge in [0.2, 0.25) is 0 Å². The Kier molecular flexibility index (Phi) is 3.52. The van der Waals surface area contributed by atoms with Gasteiger partial charge in [0.25, 0.3) is 0 Å². The summed E-state index contributed by atoms with van der Waals surface area (Å²) < 4.78 is 27.7. The Bertz CT molecular complexity index is 475. The van der Waals surface area contributed by atoms with E-state index in [1.165, 1.54) is 31.4 Å². The van der Waals surface area contributed by atoms with Crippen molar-refractivity contribution in [2.45, 2.75) is 30.5 Å². The van der Waals surface area contributed by atoms with Gasteiger partial charge in [-0.05, 0) is 65.1 Å². The van der Waals surface area contributed by atoms with Crippen LogP contribution in [0.2, 0.25) is 0 Å². The van der Waals surface area contributed by atoms with Gasteiger partial charge in [0.05, 0.1) is 4.47 Å². The fourth-order valence-electron chi connectivity index (χ4n) is 3.63. The van der Waals surface area contributed by atoms with E-state index in [9.17, 15) is 8.78 Å². The van der Waals surface area contributed by atoms with Crippen molar-refractivity contribution in [3.05, 3.63) is 33.8 Å². The summed E-state index contributed by atoms with van der Waals surface area (Å²) >= 11 is 6.62. The van der Waals surface area contributed by atoms with Crippen LogP contribution in [0.4, 0.5) is 8.78 Å². The molecule has 4 unspecified atom stereocenters. The van der Waals surface area contributed by atoms with E-state index in [-0.39, 0.29) is 20.9 Å². The molecule has 0 radical (unpaired) electrons. The largest absolute Gasteiger partial charge is 0.207 e. The van der Waals surface area contributed by atoms with Crippen LogP contribution >= 0.6 is 31.9 Å². The predicted octanol–water partition coefficient (Wildman–Crippen LogP) is 5.60. The molecule has 18 heavy (non-hydrogen) atoms. The van der Waals surface area contributed by atoms with Gasteiger partial charge < -0.3 is 0 Å². The van der Waals surface area contributed by atoms with Gasteiger partial charge in [-0.3, -0.25) is 0 Å². The summed E-state index contributed by atoms with van der Waals surface area (Å²) in [5, 5.41) is 0. The number of alkyl halides is 1. The highest BCUT2D eigenvalue weighted by molar-refractivity contribution is 9.10. The topological polar surface area (TPSA) is 0 Å². The minimum absolute atomic E-state index is 0.0598. The molecule has 2 aliphatic carbocycles. The number of halogens is 4. The molecule has 3 rings (SSSR count). The second-order valence-electron chi connectivity index (χ2n) is 5.53. The Hall–Kier alpha value is 0.0400. The average Bonchev–Trinajstić information content (AvgIpc) is 2.95. The third-order valence-electron chi connectivity index (χ3n) is 4.51. The Morgan fingerprint density at radius 1 is 1.11 bits per heavy atom. The van der Waals surface area contributed by atoms with Gasteiger partial charge in [-0.15, -0.1) is 0 Å². The molecule has 0 heterocycles. The average molecular weight is 380 g/mol. The van der Waals surface area contributed by atoms with Crippen molar-refractivity contribution in [3.8, 4) is 0 Å². The van der Waals surface area contributed by atoms with Crippen molar-refractivity contribution in [1.82, 2.24) is 0 Å². The third kappa shape index (κ3) is 2.15. The van der Waals surface area contributed by atoms with Gasteiger partial charge >= 0.3 is 0 Å². The van der Waals surface area contributed by atoms with Gasteiger partial charge in [0.15, 0.2) is 0 Å². The van der Waals surface area contributed by atoms with Gasteiger partial charge in [-0.2, -0.15) is 0 Å². The summed E-state index contributed by atoms with van der Waals surface area (Å²) in [4.78, 5) is -0.0598. The number of hydrogen-bond acceptors (Lipinski definition) is 0. The second kappa shape index (κ2) is 4.86. The van der Waals surface area contributed by atoms with Crippen LogP contribution < -0.4 is 0 Å². The number of rotatable bonds is 2. The van der Waals surface area contributed by atoms with E-state index in [0.29, 0.717) is 17.4 Å². The number of hydrogen-bond donors (Lipinski definition) is 0. The summed E-state index contributed by atoms with van der Waals surface area (Å²) in [6, 6.07) is 2.55. The maximum absolute atomic E-state index is 13.9. The quantitative estimate of drug-likeness (QED) is 0.463. The zero-order chi connectivity index (χ0) is 12.9. The first-order valence-electron chi connectivity index (χ1n) is 6.34. The molecule has 0 saturated heterocycles. The molecule has 1 aromatic rings. The van der Waals surface area contributed by atoms with Crippen LogP contribution in [-0.2, 0) is 0 Å². The molecule has 0 N–H and O–H groups in total. The molecule has 98 valence electrons. The fraction of sp³-hybridized carbons (Fsp3) is 0.571. The standard InChI is InChI=1S/C14H14Br2F2/c15-11-6-12(17)10(5-13(11)18)14(16)9-4-7-1-2-8(9)3-7/h5-9,14H,1-4H2. The summed E-state index contributed by atoms with van der Waals surface area (Å²) in [6.45, 7) is 0. The maximum Gasteiger partial charge on any atom is 0.137 e. The number of benzene rings is 1. The Labute approximate surface area is 122 Å². The van der Waals surface area contributed by atoms with Crippen LogP contribution in [0, 0.1) is 29.4 Å². The van der Waals surface area contributed by atoms with Gasteiger partial charge in [-0.25, -0.2) is 8.78 Å². The highest BCUT2D eigenvalue weighted by Gasteiger charge is 2.43. The molecule has 2 fully saturated rings. The minimum Gasteiger partial charge on any atom is -0.207 e. The Balaban J connectivity index is 1.88. The van der Waals surface area contributed by atoms with Crippen molar-refractivity contribution in [2.24, 2.45) is 17.8 Å². The summed E-state index contributed by atoms with van der Waals surface area (Å²) in [5.74, 6) is 1.24. The van der Waals surface area contributed by atoms with E-state index in [0.717, 1.165) is 12.3 Å². The van der Waals surface area contributed by atoms with Crippen LogP contribution in [0.1, 0.15) is 36.1 Å².